The van der Waals surface area contributed by atoms with Gasteiger partial charge in [-0.15, -0.1) is 0 Å². The first-order valence-electron chi connectivity index (χ1n) is 10.4. The molecule has 1 atom stereocenters. The zero-order valence-electron chi connectivity index (χ0n) is 17.8. The maximum absolute atomic E-state index is 12.9. The third-order valence-electron chi connectivity index (χ3n) is 5.98. The minimum absolute atomic E-state index is 0.194. The molecule has 164 valence electrons. The van der Waals surface area contributed by atoms with Crippen molar-refractivity contribution in [1.29, 1.82) is 5.26 Å². The molecule has 4 amide bonds. The summed E-state index contributed by atoms with van der Waals surface area (Å²) in [4.78, 5) is 43.3. The number of aryl methyl sites for hydroxylation is 1. The molecule has 2 heterocycles. The van der Waals surface area contributed by atoms with Crippen molar-refractivity contribution in [1.82, 2.24) is 15.2 Å². The molecule has 1 saturated heterocycles. The monoisotopic (exact) mass is 433 g/mol. The number of rotatable bonds is 5. The van der Waals surface area contributed by atoms with Crippen LogP contribution in [0.4, 0.5) is 10.5 Å². The van der Waals surface area contributed by atoms with E-state index in [0.717, 1.165) is 17.7 Å². The summed E-state index contributed by atoms with van der Waals surface area (Å²) in [6, 6.07) is 8.81. The topological polar surface area (TPSA) is 124 Å². The molecule has 1 spiro atoms. The van der Waals surface area contributed by atoms with Gasteiger partial charge in [0.25, 0.3) is 5.91 Å². The molecule has 1 aliphatic carbocycles. The number of benzene rings is 1. The van der Waals surface area contributed by atoms with Gasteiger partial charge in [-0.1, -0.05) is 12.8 Å². The number of hydrogen-bond donors (Lipinski definition) is 2. The van der Waals surface area contributed by atoms with Gasteiger partial charge in [-0.05, 0) is 62.6 Å². The molecule has 4 rings (SSSR count). The average Bonchev–Trinajstić information content (AvgIpc) is 3.34. The van der Waals surface area contributed by atoms with Crippen molar-refractivity contribution in [3.63, 3.8) is 0 Å². The summed E-state index contributed by atoms with van der Waals surface area (Å²) in [5.74, 6) is -0.135. The summed E-state index contributed by atoms with van der Waals surface area (Å²) in [6.45, 7) is 3.33. The second-order valence-electron chi connectivity index (χ2n) is 8.11. The van der Waals surface area contributed by atoms with Gasteiger partial charge in [0.15, 0.2) is 0 Å². The molecule has 32 heavy (non-hydrogen) atoms. The fourth-order valence-corrected chi connectivity index (χ4v) is 4.17. The van der Waals surface area contributed by atoms with E-state index in [1.807, 2.05) is 6.07 Å². The predicted molar refractivity (Wildman–Crippen MR) is 115 cm³/mol. The van der Waals surface area contributed by atoms with E-state index in [1.54, 1.807) is 37.3 Å². The molecule has 9 heteroatoms. The van der Waals surface area contributed by atoms with Crippen LogP contribution in [0.1, 0.15) is 43.7 Å². The number of ether oxygens (including phenoxy) is 1. The van der Waals surface area contributed by atoms with Gasteiger partial charge in [0, 0.05) is 11.9 Å². The van der Waals surface area contributed by atoms with Crippen LogP contribution in [0.5, 0.6) is 11.6 Å². The third kappa shape index (κ3) is 3.75. The molecular weight excluding hydrogens is 410 g/mol. The van der Waals surface area contributed by atoms with Crippen LogP contribution >= 0.6 is 0 Å². The third-order valence-corrected chi connectivity index (χ3v) is 5.98. The minimum atomic E-state index is -0.954. The Hall–Kier alpha value is -3.93. The highest BCUT2D eigenvalue weighted by molar-refractivity contribution is 6.11. The Morgan fingerprint density at radius 1 is 1.31 bits per heavy atom. The molecule has 0 bridgehead atoms. The lowest BCUT2D eigenvalue weighted by Gasteiger charge is -2.24. The van der Waals surface area contributed by atoms with Crippen molar-refractivity contribution in [2.24, 2.45) is 0 Å². The Labute approximate surface area is 185 Å². The Bertz CT molecular complexity index is 1130. The number of anilines is 1. The summed E-state index contributed by atoms with van der Waals surface area (Å²) in [5, 5.41) is 14.7. The van der Waals surface area contributed by atoms with Crippen molar-refractivity contribution < 1.29 is 19.1 Å². The number of aromatic nitrogens is 1. The zero-order valence-corrected chi connectivity index (χ0v) is 17.8. The molecule has 1 aromatic carbocycles. The lowest BCUT2D eigenvalue weighted by Crippen LogP contribution is -2.48. The Morgan fingerprint density at radius 2 is 2.06 bits per heavy atom. The highest BCUT2D eigenvalue weighted by Gasteiger charge is 2.54. The molecule has 1 aliphatic heterocycles. The SMILES string of the molecule is Cc1cc(Oc2ncccc2C#N)ccc1NC(=O)C(C)N1C(=O)NC2(CCCC2)C1=O. The van der Waals surface area contributed by atoms with E-state index in [1.165, 1.54) is 13.1 Å². The highest BCUT2D eigenvalue weighted by atomic mass is 16.5. The number of nitriles is 1. The molecule has 2 fully saturated rings. The van der Waals surface area contributed by atoms with E-state index < -0.39 is 23.5 Å². The second kappa shape index (κ2) is 8.30. The van der Waals surface area contributed by atoms with Crippen LogP contribution in [0.25, 0.3) is 0 Å². The van der Waals surface area contributed by atoms with Crippen LogP contribution in [-0.4, -0.2) is 39.3 Å². The van der Waals surface area contributed by atoms with Gasteiger partial charge in [-0.25, -0.2) is 14.7 Å². The molecule has 2 N–H and O–H groups in total. The summed E-state index contributed by atoms with van der Waals surface area (Å²) in [5.41, 5.74) is 0.694. The number of carbonyl (C=O) groups excluding carboxylic acids is 3. The van der Waals surface area contributed by atoms with Crippen molar-refractivity contribution in [3.8, 4) is 17.7 Å². The van der Waals surface area contributed by atoms with Crippen LogP contribution in [-0.2, 0) is 9.59 Å². The summed E-state index contributed by atoms with van der Waals surface area (Å²) < 4.78 is 5.70. The van der Waals surface area contributed by atoms with Crippen molar-refractivity contribution >= 4 is 23.5 Å². The Balaban J connectivity index is 1.46. The fourth-order valence-electron chi connectivity index (χ4n) is 4.17. The normalized spacial score (nSPS) is 17.7. The number of nitrogens with zero attached hydrogens (tertiary/aromatic N) is 3. The van der Waals surface area contributed by atoms with E-state index in [9.17, 15) is 14.4 Å². The minimum Gasteiger partial charge on any atom is -0.438 e. The van der Waals surface area contributed by atoms with Crippen LogP contribution in [0.3, 0.4) is 0 Å². The number of carbonyl (C=O) groups is 3. The lowest BCUT2D eigenvalue weighted by molar-refractivity contribution is -0.136. The first-order valence-corrected chi connectivity index (χ1v) is 10.4. The molecule has 2 aliphatic rings. The van der Waals surface area contributed by atoms with Crippen LogP contribution in [0, 0.1) is 18.3 Å². The quantitative estimate of drug-likeness (QED) is 0.698. The van der Waals surface area contributed by atoms with E-state index >= 15 is 0 Å². The number of hydrogen-bond acceptors (Lipinski definition) is 6. The molecule has 1 saturated carbocycles. The predicted octanol–water partition coefficient (Wildman–Crippen LogP) is 3.25. The van der Waals surface area contributed by atoms with Gasteiger partial charge in [-0.2, -0.15) is 5.26 Å². The largest absolute Gasteiger partial charge is 0.438 e. The maximum Gasteiger partial charge on any atom is 0.325 e. The van der Waals surface area contributed by atoms with Crippen LogP contribution in [0.2, 0.25) is 0 Å². The van der Waals surface area contributed by atoms with E-state index in [-0.39, 0.29) is 11.8 Å². The molecule has 2 aromatic rings. The van der Waals surface area contributed by atoms with E-state index in [0.29, 0.717) is 35.4 Å². The van der Waals surface area contributed by atoms with Gasteiger partial charge in [0.2, 0.25) is 11.8 Å². The number of amides is 4. The number of pyridine rings is 1. The van der Waals surface area contributed by atoms with Gasteiger partial charge in [0.1, 0.15) is 29.0 Å². The first kappa shape index (κ1) is 21.3. The lowest BCUT2D eigenvalue weighted by atomic mass is 9.97. The summed E-state index contributed by atoms with van der Waals surface area (Å²) in [7, 11) is 0. The average molecular weight is 433 g/mol. The van der Waals surface area contributed by atoms with E-state index in [4.69, 9.17) is 10.00 Å². The Morgan fingerprint density at radius 3 is 2.75 bits per heavy atom. The fraction of sp³-hybridized carbons (Fsp3) is 0.348. The smallest absolute Gasteiger partial charge is 0.325 e. The number of imide groups is 1. The van der Waals surface area contributed by atoms with Gasteiger partial charge < -0.3 is 15.4 Å². The second-order valence-corrected chi connectivity index (χ2v) is 8.11. The molecule has 9 nitrogen and oxygen atoms in total. The van der Waals surface area contributed by atoms with Crippen molar-refractivity contribution in [2.45, 2.75) is 51.1 Å². The Kier molecular flexibility index (Phi) is 5.53. The maximum atomic E-state index is 12.9. The molecule has 1 aromatic heterocycles. The summed E-state index contributed by atoms with van der Waals surface area (Å²) in [6.07, 6.45) is 4.49. The van der Waals surface area contributed by atoms with Gasteiger partial charge in [-0.3, -0.25) is 9.59 Å². The standard InChI is InChI=1S/C23H23N5O4/c1-14-12-17(32-20-16(13-24)6-5-11-25-20)7-8-18(14)26-19(29)15(2)28-21(30)23(27-22(28)31)9-3-4-10-23/h5-8,11-12,15H,3-4,9-10H2,1-2H3,(H,26,29)(H,27,31). The van der Waals surface area contributed by atoms with E-state index in [2.05, 4.69) is 15.6 Å². The molecular formula is C23H23N5O4. The summed E-state index contributed by atoms with van der Waals surface area (Å²) >= 11 is 0. The van der Waals surface area contributed by atoms with Crippen LogP contribution < -0.4 is 15.4 Å². The molecule has 0 radical (unpaired) electrons. The van der Waals surface area contributed by atoms with Crippen molar-refractivity contribution in [2.75, 3.05) is 5.32 Å². The van der Waals surface area contributed by atoms with Gasteiger partial charge >= 0.3 is 6.03 Å². The highest BCUT2D eigenvalue weighted by Crippen LogP contribution is 2.36. The molecule has 1 unspecified atom stereocenters. The zero-order chi connectivity index (χ0) is 22.9. The van der Waals surface area contributed by atoms with Gasteiger partial charge in [0.05, 0.1) is 0 Å². The first-order chi connectivity index (χ1) is 15.3. The number of urea groups is 1. The van der Waals surface area contributed by atoms with Crippen molar-refractivity contribution in [3.05, 3.63) is 47.7 Å². The van der Waals surface area contributed by atoms with Crippen LogP contribution in [0.15, 0.2) is 36.5 Å². The number of nitrogens with one attached hydrogen (secondary N) is 2.